The van der Waals surface area contributed by atoms with Gasteiger partial charge < -0.3 is 20.0 Å². The highest BCUT2D eigenvalue weighted by atomic mass is 32.2. The molecule has 0 unspecified atom stereocenters. The molecular weight excluding hydrogens is 419 g/mol. The van der Waals surface area contributed by atoms with E-state index in [1.54, 1.807) is 45.4 Å². The van der Waals surface area contributed by atoms with Crippen LogP contribution in [0, 0.1) is 0 Å². The second-order valence-electron chi connectivity index (χ2n) is 6.55. The first-order valence-corrected chi connectivity index (χ1v) is 11.1. The molecule has 1 aromatic heterocycles. The van der Waals surface area contributed by atoms with Gasteiger partial charge >= 0.3 is 0 Å². The van der Waals surface area contributed by atoms with Crippen molar-refractivity contribution >= 4 is 29.4 Å². The third-order valence-electron chi connectivity index (χ3n) is 4.26. The fraction of sp³-hybridized carbons (Fsp3) is 0.150. The summed E-state index contributed by atoms with van der Waals surface area (Å²) < 4.78 is 34.6. The minimum absolute atomic E-state index is 0.00997. The molecule has 0 aliphatic carbocycles. The summed E-state index contributed by atoms with van der Waals surface area (Å²) in [4.78, 5) is 20.6. The molecule has 0 saturated carbocycles. The Kier molecular flexibility index (Phi) is 6.76. The van der Waals surface area contributed by atoms with E-state index in [-0.39, 0.29) is 18.0 Å². The number of aromatic nitrogens is 2. The molecule has 2 N–H and O–H groups in total. The van der Waals surface area contributed by atoms with E-state index >= 15 is 0 Å². The maximum Gasteiger partial charge on any atom is 0.258 e. The Morgan fingerprint density at radius 1 is 1.13 bits per heavy atom. The van der Waals surface area contributed by atoms with Gasteiger partial charge in [-0.3, -0.25) is 4.79 Å². The summed E-state index contributed by atoms with van der Waals surface area (Å²) >= 11 is 0. The third-order valence-corrected chi connectivity index (χ3v) is 5.12. The van der Waals surface area contributed by atoms with Gasteiger partial charge in [0.1, 0.15) is 17.1 Å². The normalized spacial score (nSPS) is 10.9. The smallest absolute Gasteiger partial charge is 0.258 e. The molecule has 0 bridgehead atoms. The van der Waals surface area contributed by atoms with Gasteiger partial charge in [-0.25, -0.2) is 13.4 Å². The van der Waals surface area contributed by atoms with Crippen LogP contribution in [0.5, 0.6) is 17.4 Å². The summed E-state index contributed by atoms with van der Waals surface area (Å²) in [6, 6.07) is 14.2. The lowest BCUT2D eigenvalue weighted by molar-refractivity contribution is 0.0947. The minimum atomic E-state index is -3.69. The number of carbonyl (C=O) groups excluding carboxylic acids is 1. The van der Waals surface area contributed by atoms with Gasteiger partial charge in [-0.05, 0) is 29.8 Å². The fourth-order valence-corrected chi connectivity index (χ4v) is 3.10. The van der Waals surface area contributed by atoms with E-state index in [4.69, 9.17) is 9.47 Å². The standard InChI is InChI=1S/C20H21BN4O5S/c1-29-15-8-6-13(7-9-15)11-22-18(26)17-12-23-20(31(2,27)28)24-19(17)30-16-5-3-4-14(10-16)25-21/h3-10,12,25H,11,21H2,1-2H3,(H,22,26). The Bertz CT molecular complexity index is 1190. The zero-order valence-corrected chi connectivity index (χ0v) is 18.1. The van der Waals surface area contributed by atoms with Crippen LogP contribution in [0.2, 0.25) is 0 Å². The van der Waals surface area contributed by atoms with Gasteiger partial charge in [0.05, 0.1) is 7.11 Å². The van der Waals surface area contributed by atoms with Crippen LogP contribution in [0.3, 0.4) is 0 Å². The second kappa shape index (κ2) is 9.48. The van der Waals surface area contributed by atoms with Crippen LogP contribution in [0.1, 0.15) is 15.9 Å². The molecule has 31 heavy (non-hydrogen) atoms. The van der Waals surface area contributed by atoms with Crippen LogP contribution in [0.4, 0.5) is 5.69 Å². The van der Waals surface area contributed by atoms with Gasteiger partial charge in [0.2, 0.25) is 28.9 Å². The van der Waals surface area contributed by atoms with Crippen LogP contribution >= 0.6 is 0 Å². The predicted molar refractivity (Wildman–Crippen MR) is 118 cm³/mol. The van der Waals surface area contributed by atoms with Crippen molar-refractivity contribution in [2.24, 2.45) is 0 Å². The van der Waals surface area contributed by atoms with Crippen LogP contribution < -0.4 is 20.0 Å². The first kappa shape index (κ1) is 22.1. The van der Waals surface area contributed by atoms with E-state index in [0.717, 1.165) is 23.7 Å². The number of amides is 1. The van der Waals surface area contributed by atoms with Crippen molar-refractivity contribution in [2.75, 3.05) is 18.6 Å². The second-order valence-corrected chi connectivity index (χ2v) is 8.46. The molecule has 0 aliphatic heterocycles. The van der Waals surface area contributed by atoms with Gasteiger partial charge in [-0.2, -0.15) is 4.98 Å². The highest BCUT2D eigenvalue weighted by Crippen LogP contribution is 2.26. The number of benzene rings is 2. The van der Waals surface area contributed by atoms with Crippen LogP contribution in [0.15, 0.2) is 59.9 Å². The van der Waals surface area contributed by atoms with E-state index in [9.17, 15) is 13.2 Å². The summed E-state index contributed by atoms with van der Waals surface area (Å²) in [6.07, 6.45) is 2.13. The van der Waals surface area contributed by atoms with Crippen molar-refractivity contribution < 1.29 is 22.7 Å². The van der Waals surface area contributed by atoms with E-state index in [1.807, 2.05) is 18.2 Å². The number of hydrogen-bond donors (Lipinski definition) is 2. The lowest BCUT2D eigenvalue weighted by Crippen LogP contribution is -2.24. The largest absolute Gasteiger partial charge is 0.497 e. The van der Waals surface area contributed by atoms with Crippen LogP contribution in [-0.2, 0) is 16.4 Å². The van der Waals surface area contributed by atoms with Crippen molar-refractivity contribution in [3.63, 3.8) is 0 Å². The van der Waals surface area contributed by atoms with E-state index in [1.165, 1.54) is 0 Å². The molecule has 2 aromatic carbocycles. The average molecular weight is 440 g/mol. The molecule has 1 heterocycles. The number of methoxy groups -OCH3 is 1. The molecule has 9 nitrogen and oxygen atoms in total. The number of nitrogens with zero attached hydrogens (tertiary/aromatic N) is 2. The lowest BCUT2D eigenvalue weighted by atomic mass is 10.2. The highest BCUT2D eigenvalue weighted by Gasteiger charge is 2.21. The van der Waals surface area contributed by atoms with Gasteiger partial charge in [-0.15, -0.1) is 0 Å². The van der Waals surface area contributed by atoms with Gasteiger partial charge in [0.25, 0.3) is 5.91 Å². The zero-order chi connectivity index (χ0) is 22.4. The van der Waals surface area contributed by atoms with Crippen LogP contribution in [-0.4, -0.2) is 45.6 Å². The van der Waals surface area contributed by atoms with Gasteiger partial charge in [0, 0.05) is 30.8 Å². The summed E-state index contributed by atoms with van der Waals surface area (Å²) in [7, 11) is -0.365. The number of anilines is 1. The number of sulfone groups is 1. The molecule has 160 valence electrons. The molecule has 0 aliphatic rings. The number of hydrogen-bond acceptors (Lipinski definition) is 8. The van der Waals surface area contributed by atoms with Crippen molar-refractivity contribution in [3.8, 4) is 17.4 Å². The minimum Gasteiger partial charge on any atom is -0.497 e. The summed E-state index contributed by atoms with van der Waals surface area (Å²) in [5, 5.41) is 5.30. The maximum atomic E-state index is 12.8. The SMILES string of the molecule is BNc1cccc(Oc2nc(S(C)(=O)=O)ncc2C(=O)NCc2ccc(OC)cc2)c1. The topological polar surface area (TPSA) is 120 Å². The average Bonchev–Trinajstić information content (AvgIpc) is 2.77. The first-order valence-electron chi connectivity index (χ1n) is 9.24. The Morgan fingerprint density at radius 3 is 2.52 bits per heavy atom. The molecule has 0 saturated heterocycles. The predicted octanol–water partition coefficient (Wildman–Crippen LogP) is 1.57. The lowest BCUT2D eigenvalue weighted by Gasteiger charge is -2.12. The fourth-order valence-electron chi connectivity index (χ4n) is 2.61. The Hall–Kier alpha value is -3.60. The van der Waals surface area contributed by atoms with Crippen LogP contribution in [0.25, 0.3) is 0 Å². The van der Waals surface area contributed by atoms with E-state index in [0.29, 0.717) is 11.5 Å². The number of nitrogens with one attached hydrogen (secondary N) is 2. The Morgan fingerprint density at radius 2 is 1.87 bits per heavy atom. The first-order chi connectivity index (χ1) is 14.8. The van der Waals surface area contributed by atoms with Crippen molar-refractivity contribution in [1.82, 2.24) is 15.3 Å². The molecular formula is C20H21BN4O5S. The Balaban J connectivity index is 1.87. The monoisotopic (exact) mass is 440 g/mol. The highest BCUT2D eigenvalue weighted by molar-refractivity contribution is 7.90. The van der Waals surface area contributed by atoms with Gasteiger partial charge in [-0.1, -0.05) is 18.2 Å². The molecule has 3 rings (SSSR count). The quantitative estimate of drug-likeness (QED) is 0.400. The van der Waals surface area contributed by atoms with E-state index < -0.39 is 20.9 Å². The molecule has 11 heteroatoms. The summed E-state index contributed by atoms with van der Waals surface area (Å²) in [6.45, 7) is 0.241. The Labute approximate surface area is 181 Å². The molecule has 1 amide bonds. The third kappa shape index (κ3) is 5.73. The van der Waals surface area contributed by atoms with Crippen molar-refractivity contribution in [1.29, 1.82) is 0 Å². The molecule has 0 fully saturated rings. The molecule has 3 aromatic rings. The molecule has 0 spiro atoms. The van der Waals surface area contributed by atoms with Crippen molar-refractivity contribution in [3.05, 3.63) is 65.9 Å². The zero-order valence-electron chi connectivity index (χ0n) is 17.2. The number of carbonyl (C=O) groups is 1. The van der Waals surface area contributed by atoms with Crippen molar-refractivity contribution in [2.45, 2.75) is 11.7 Å². The molecule has 0 radical (unpaired) electrons. The number of rotatable bonds is 8. The summed E-state index contributed by atoms with van der Waals surface area (Å²) in [5.41, 5.74) is 1.64. The molecule has 0 atom stereocenters. The summed E-state index contributed by atoms with van der Waals surface area (Å²) in [5.74, 6) is 0.431. The van der Waals surface area contributed by atoms with Gasteiger partial charge in [0.15, 0.2) is 0 Å². The maximum absolute atomic E-state index is 12.8. The van der Waals surface area contributed by atoms with E-state index in [2.05, 4.69) is 20.5 Å². The number of ether oxygens (including phenoxy) is 2.